The minimum Gasteiger partial charge on any atom is -0.495 e. The Bertz CT molecular complexity index is 418. The summed E-state index contributed by atoms with van der Waals surface area (Å²) in [5, 5.41) is 0. The maximum absolute atomic E-state index is 12.4. The van der Waals surface area contributed by atoms with Crippen molar-refractivity contribution >= 4 is 5.97 Å². The van der Waals surface area contributed by atoms with Crippen molar-refractivity contribution in [1.82, 2.24) is 4.98 Å². The van der Waals surface area contributed by atoms with Gasteiger partial charge in [0.2, 0.25) is 0 Å². The molecule has 0 atom stereocenters. The first-order valence-corrected chi connectivity index (χ1v) is 4.55. The first kappa shape index (κ1) is 13.3. The molecule has 0 aliphatic carbocycles. The molecule has 1 aromatic heterocycles. The molecule has 1 aromatic rings. The van der Waals surface area contributed by atoms with E-state index in [4.69, 9.17) is 4.74 Å². The van der Waals surface area contributed by atoms with Gasteiger partial charge in [0.1, 0.15) is 11.4 Å². The molecule has 1 rings (SSSR count). The summed E-state index contributed by atoms with van der Waals surface area (Å²) >= 11 is 0. The third kappa shape index (κ3) is 3.33. The highest BCUT2D eigenvalue weighted by molar-refractivity contribution is 5.73. The van der Waals surface area contributed by atoms with Crippen LogP contribution in [0, 0.1) is 0 Å². The van der Waals surface area contributed by atoms with Crippen LogP contribution < -0.4 is 4.74 Å². The van der Waals surface area contributed by atoms with Crippen LogP contribution >= 0.6 is 0 Å². The zero-order chi connectivity index (χ0) is 13.1. The molecule has 0 radical (unpaired) electrons. The van der Waals surface area contributed by atoms with Crippen LogP contribution in [0.15, 0.2) is 12.3 Å². The van der Waals surface area contributed by atoms with Crippen molar-refractivity contribution in [2.75, 3.05) is 14.2 Å². The molecule has 17 heavy (non-hydrogen) atoms. The Morgan fingerprint density at radius 2 is 2.06 bits per heavy atom. The standard InChI is InChI=1S/C10H10F3NO3/c1-16-7-5-14-8(10(11,12)13)3-6(7)4-9(15)17-2/h3,5H,4H2,1-2H3. The average molecular weight is 249 g/mol. The van der Waals surface area contributed by atoms with Gasteiger partial charge in [0, 0.05) is 5.56 Å². The monoisotopic (exact) mass is 249 g/mol. The number of ether oxygens (including phenoxy) is 2. The number of hydrogen-bond donors (Lipinski definition) is 0. The Labute approximate surface area is 95.4 Å². The van der Waals surface area contributed by atoms with Gasteiger partial charge in [-0.15, -0.1) is 0 Å². The Morgan fingerprint density at radius 3 is 2.53 bits per heavy atom. The molecule has 1 heterocycles. The highest BCUT2D eigenvalue weighted by Gasteiger charge is 2.33. The third-order valence-corrected chi connectivity index (χ3v) is 2.02. The van der Waals surface area contributed by atoms with Gasteiger partial charge < -0.3 is 9.47 Å². The maximum Gasteiger partial charge on any atom is 0.433 e. The van der Waals surface area contributed by atoms with Gasteiger partial charge in [-0.1, -0.05) is 0 Å². The van der Waals surface area contributed by atoms with Crippen LogP contribution in [0.3, 0.4) is 0 Å². The minimum absolute atomic E-state index is 0.0849. The topological polar surface area (TPSA) is 48.4 Å². The number of carbonyl (C=O) groups is 1. The molecule has 0 saturated heterocycles. The predicted molar refractivity (Wildman–Crippen MR) is 51.5 cm³/mol. The summed E-state index contributed by atoms with van der Waals surface area (Å²) in [7, 11) is 2.44. The van der Waals surface area contributed by atoms with Gasteiger partial charge >= 0.3 is 12.1 Å². The first-order chi connectivity index (χ1) is 7.88. The Balaban J connectivity index is 3.11. The van der Waals surface area contributed by atoms with Gasteiger partial charge in [-0.25, -0.2) is 4.98 Å². The van der Waals surface area contributed by atoms with E-state index in [0.717, 1.165) is 19.4 Å². The summed E-state index contributed by atoms with van der Waals surface area (Å²) in [6, 6.07) is 0.774. The van der Waals surface area contributed by atoms with Crippen molar-refractivity contribution in [3.05, 3.63) is 23.5 Å². The van der Waals surface area contributed by atoms with Gasteiger partial charge in [0.25, 0.3) is 0 Å². The molecule has 94 valence electrons. The van der Waals surface area contributed by atoms with Gasteiger partial charge in [0.15, 0.2) is 0 Å². The first-order valence-electron chi connectivity index (χ1n) is 4.55. The third-order valence-electron chi connectivity index (χ3n) is 2.02. The zero-order valence-corrected chi connectivity index (χ0v) is 9.17. The summed E-state index contributed by atoms with van der Waals surface area (Å²) in [5.41, 5.74) is -0.987. The van der Waals surface area contributed by atoms with Crippen molar-refractivity contribution in [2.45, 2.75) is 12.6 Å². The number of carbonyl (C=O) groups excluding carboxylic acids is 1. The van der Waals surface area contributed by atoms with Gasteiger partial charge in [-0.3, -0.25) is 4.79 Å². The summed E-state index contributed by atoms with van der Waals surface area (Å²) in [6.45, 7) is 0. The van der Waals surface area contributed by atoms with Crippen molar-refractivity contribution in [3.63, 3.8) is 0 Å². The van der Waals surface area contributed by atoms with Crippen LogP contribution in [0.25, 0.3) is 0 Å². The van der Waals surface area contributed by atoms with E-state index in [1.807, 2.05) is 0 Å². The second kappa shape index (κ2) is 5.03. The maximum atomic E-state index is 12.4. The predicted octanol–water partition coefficient (Wildman–Crippen LogP) is 1.82. The largest absolute Gasteiger partial charge is 0.495 e. The fourth-order valence-electron chi connectivity index (χ4n) is 1.19. The van der Waals surface area contributed by atoms with E-state index in [1.54, 1.807) is 0 Å². The molecular formula is C10H10F3NO3. The van der Waals surface area contributed by atoms with Gasteiger partial charge in [0.05, 0.1) is 26.8 Å². The fraction of sp³-hybridized carbons (Fsp3) is 0.400. The molecule has 0 aromatic carbocycles. The summed E-state index contributed by atoms with van der Waals surface area (Å²) < 4.78 is 46.4. The molecule has 0 aliphatic rings. The number of methoxy groups -OCH3 is 2. The molecule has 0 saturated carbocycles. The number of alkyl halides is 3. The van der Waals surface area contributed by atoms with Gasteiger partial charge in [-0.05, 0) is 6.07 Å². The summed E-state index contributed by atoms with van der Waals surface area (Å²) in [5.74, 6) is -0.536. The van der Waals surface area contributed by atoms with Crippen molar-refractivity contribution in [2.24, 2.45) is 0 Å². The van der Waals surface area contributed by atoms with E-state index in [0.29, 0.717) is 0 Å². The highest BCUT2D eigenvalue weighted by Crippen LogP contribution is 2.30. The molecule has 4 nitrogen and oxygen atoms in total. The van der Waals surface area contributed by atoms with Crippen LogP contribution in [0.5, 0.6) is 5.75 Å². The number of rotatable bonds is 3. The summed E-state index contributed by atoms with van der Waals surface area (Å²) in [6.07, 6.45) is -3.93. The Kier molecular flexibility index (Phi) is 3.93. The van der Waals surface area contributed by atoms with E-state index >= 15 is 0 Å². The Hall–Kier alpha value is -1.79. The van der Waals surface area contributed by atoms with Crippen LogP contribution in [0.2, 0.25) is 0 Å². The number of esters is 1. The number of aromatic nitrogens is 1. The molecule has 0 fully saturated rings. The number of halogens is 3. The van der Waals surface area contributed by atoms with Crippen LogP contribution in [0.4, 0.5) is 13.2 Å². The van der Waals surface area contributed by atoms with E-state index in [1.165, 1.54) is 7.11 Å². The molecule has 0 aliphatic heterocycles. The lowest BCUT2D eigenvalue weighted by molar-refractivity contribution is -0.142. The molecule has 0 bridgehead atoms. The van der Waals surface area contributed by atoms with Crippen LogP contribution in [0.1, 0.15) is 11.3 Å². The fourth-order valence-corrected chi connectivity index (χ4v) is 1.19. The minimum atomic E-state index is -4.56. The van der Waals surface area contributed by atoms with E-state index in [2.05, 4.69) is 9.72 Å². The molecule has 0 amide bonds. The number of hydrogen-bond acceptors (Lipinski definition) is 4. The SMILES string of the molecule is COC(=O)Cc1cc(C(F)(F)F)ncc1OC. The van der Waals surface area contributed by atoms with E-state index < -0.39 is 17.8 Å². The van der Waals surface area contributed by atoms with Gasteiger partial charge in [-0.2, -0.15) is 13.2 Å². The lowest BCUT2D eigenvalue weighted by atomic mass is 10.1. The highest BCUT2D eigenvalue weighted by atomic mass is 19.4. The zero-order valence-electron chi connectivity index (χ0n) is 9.17. The number of nitrogens with zero attached hydrogens (tertiary/aromatic N) is 1. The molecule has 0 unspecified atom stereocenters. The molecule has 0 spiro atoms. The van der Waals surface area contributed by atoms with Crippen molar-refractivity contribution in [1.29, 1.82) is 0 Å². The number of pyridine rings is 1. The van der Waals surface area contributed by atoms with E-state index in [9.17, 15) is 18.0 Å². The summed E-state index contributed by atoms with van der Waals surface area (Å²) in [4.78, 5) is 14.2. The quantitative estimate of drug-likeness (QED) is 0.767. The van der Waals surface area contributed by atoms with Crippen molar-refractivity contribution in [3.8, 4) is 5.75 Å². The molecule has 7 heteroatoms. The Morgan fingerprint density at radius 1 is 1.41 bits per heavy atom. The molecular weight excluding hydrogens is 239 g/mol. The van der Waals surface area contributed by atoms with Crippen molar-refractivity contribution < 1.29 is 27.4 Å². The normalized spacial score (nSPS) is 11.1. The second-order valence-electron chi connectivity index (χ2n) is 3.13. The van der Waals surface area contributed by atoms with Crippen LogP contribution in [-0.2, 0) is 22.1 Å². The second-order valence-corrected chi connectivity index (χ2v) is 3.13. The van der Waals surface area contributed by atoms with E-state index in [-0.39, 0.29) is 17.7 Å². The average Bonchev–Trinajstić information content (AvgIpc) is 2.27. The molecule has 0 N–H and O–H groups in total. The smallest absolute Gasteiger partial charge is 0.433 e. The van der Waals surface area contributed by atoms with Crippen LogP contribution in [-0.4, -0.2) is 25.2 Å². The lowest BCUT2D eigenvalue weighted by Crippen LogP contribution is -2.11. The lowest BCUT2D eigenvalue weighted by Gasteiger charge is -2.11.